The first-order valence-electron chi connectivity index (χ1n) is 6.81. The van der Waals surface area contributed by atoms with Gasteiger partial charge >= 0.3 is 5.97 Å². The molecular weight excluding hydrogens is 258 g/mol. The second-order valence-corrected chi connectivity index (χ2v) is 5.29. The van der Waals surface area contributed by atoms with Gasteiger partial charge in [0.2, 0.25) is 5.69 Å². The van der Waals surface area contributed by atoms with Crippen LogP contribution in [0.15, 0.2) is 12.4 Å². The van der Waals surface area contributed by atoms with Gasteiger partial charge in [0.15, 0.2) is 5.82 Å². The van der Waals surface area contributed by atoms with Gasteiger partial charge in [0.05, 0.1) is 0 Å². The van der Waals surface area contributed by atoms with Crippen LogP contribution in [0.2, 0.25) is 0 Å². The van der Waals surface area contributed by atoms with Crippen molar-refractivity contribution in [1.82, 2.24) is 24.5 Å². The summed E-state index contributed by atoms with van der Waals surface area (Å²) in [4.78, 5) is 15.6. The molecule has 20 heavy (non-hydrogen) atoms. The van der Waals surface area contributed by atoms with E-state index in [2.05, 4.69) is 15.3 Å². The number of aromatic carboxylic acids is 1. The van der Waals surface area contributed by atoms with Gasteiger partial charge in [-0.05, 0) is 18.8 Å². The van der Waals surface area contributed by atoms with Crippen molar-refractivity contribution in [3.63, 3.8) is 0 Å². The molecular formula is C13H17N5O2. The molecule has 0 amide bonds. The Morgan fingerprint density at radius 1 is 1.45 bits per heavy atom. The van der Waals surface area contributed by atoms with Gasteiger partial charge in [-0.15, -0.1) is 5.10 Å². The molecule has 0 bridgehead atoms. The lowest BCUT2D eigenvalue weighted by molar-refractivity contribution is 0.0691. The second kappa shape index (κ2) is 5.07. The van der Waals surface area contributed by atoms with Crippen LogP contribution >= 0.6 is 0 Å². The van der Waals surface area contributed by atoms with Crippen molar-refractivity contribution < 1.29 is 9.90 Å². The molecule has 0 atom stereocenters. The summed E-state index contributed by atoms with van der Waals surface area (Å²) < 4.78 is 3.48. The van der Waals surface area contributed by atoms with Gasteiger partial charge in [-0.25, -0.2) is 14.5 Å². The number of carboxylic acids is 1. The van der Waals surface area contributed by atoms with E-state index >= 15 is 0 Å². The average Bonchev–Trinajstić information content (AvgIpc) is 3.10. The third-order valence-corrected chi connectivity index (χ3v) is 3.88. The summed E-state index contributed by atoms with van der Waals surface area (Å²) in [5, 5.41) is 17.1. The van der Waals surface area contributed by atoms with E-state index in [0.29, 0.717) is 24.0 Å². The zero-order chi connectivity index (χ0) is 14.1. The lowest BCUT2D eigenvalue weighted by atomic mass is 10.1. The number of hydrogen-bond donors (Lipinski definition) is 1. The molecule has 1 aliphatic carbocycles. The highest BCUT2D eigenvalue weighted by Gasteiger charge is 2.25. The second-order valence-electron chi connectivity index (χ2n) is 5.29. The van der Waals surface area contributed by atoms with Crippen molar-refractivity contribution in [3.05, 3.63) is 18.1 Å². The Morgan fingerprint density at radius 3 is 2.80 bits per heavy atom. The Morgan fingerprint density at radius 2 is 2.20 bits per heavy atom. The molecule has 0 radical (unpaired) electrons. The zero-order valence-corrected chi connectivity index (χ0v) is 11.4. The monoisotopic (exact) mass is 275 g/mol. The maximum Gasteiger partial charge on any atom is 0.358 e. The number of hydrogen-bond acceptors (Lipinski definition) is 4. The molecule has 0 saturated heterocycles. The predicted octanol–water partition coefficient (Wildman–Crippen LogP) is 1.57. The van der Waals surface area contributed by atoms with E-state index in [0.717, 1.165) is 0 Å². The maximum absolute atomic E-state index is 11.3. The molecule has 106 valence electrons. The number of aromatic nitrogens is 5. The number of imidazole rings is 1. The van der Waals surface area contributed by atoms with Gasteiger partial charge in [-0.1, -0.05) is 18.1 Å². The minimum absolute atomic E-state index is 0.0303. The summed E-state index contributed by atoms with van der Waals surface area (Å²) in [5.41, 5.74) is 0.467. The van der Waals surface area contributed by atoms with Crippen LogP contribution in [0.1, 0.15) is 36.2 Å². The fourth-order valence-electron chi connectivity index (χ4n) is 2.84. The van der Waals surface area contributed by atoms with Crippen LogP contribution in [0.25, 0.3) is 11.5 Å². The Kier molecular flexibility index (Phi) is 3.25. The van der Waals surface area contributed by atoms with Gasteiger partial charge < -0.3 is 9.67 Å². The summed E-state index contributed by atoms with van der Waals surface area (Å²) >= 11 is 0. The largest absolute Gasteiger partial charge is 0.476 e. The first-order chi connectivity index (χ1) is 9.66. The van der Waals surface area contributed by atoms with Crippen molar-refractivity contribution in [2.24, 2.45) is 13.0 Å². The highest BCUT2D eigenvalue weighted by Crippen LogP contribution is 2.28. The molecule has 1 N–H and O–H groups in total. The Bertz CT molecular complexity index is 624. The molecule has 0 spiro atoms. The maximum atomic E-state index is 11.3. The standard InChI is InChI=1S/C13H17N5O2/c1-17-7-6-14-12(17)11-10(13(19)20)15-16-18(11)8-9-4-2-3-5-9/h6-7,9H,2-5,8H2,1H3,(H,19,20). The molecule has 2 aromatic rings. The van der Waals surface area contributed by atoms with E-state index in [4.69, 9.17) is 0 Å². The van der Waals surface area contributed by atoms with Gasteiger partial charge in [0.25, 0.3) is 0 Å². The summed E-state index contributed by atoms with van der Waals surface area (Å²) in [7, 11) is 1.83. The Balaban J connectivity index is 2.01. The van der Waals surface area contributed by atoms with Crippen molar-refractivity contribution in [1.29, 1.82) is 0 Å². The van der Waals surface area contributed by atoms with E-state index < -0.39 is 5.97 Å². The normalized spacial score (nSPS) is 15.8. The summed E-state index contributed by atoms with van der Waals surface area (Å²) in [5.74, 6) is 0.0726. The van der Waals surface area contributed by atoms with Gasteiger partial charge in [-0.3, -0.25) is 0 Å². The molecule has 0 unspecified atom stereocenters. The predicted molar refractivity (Wildman–Crippen MR) is 71.1 cm³/mol. The minimum Gasteiger partial charge on any atom is -0.476 e. The molecule has 3 rings (SSSR count). The van der Waals surface area contributed by atoms with Crippen molar-refractivity contribution in [2.45, 2.75) is 32.2 Å². The van der Waals surface area contributed by atoms with Gasteiger partial charge in [-0.2, -0.15) is 0 Å². The van der Waals surface area contributed by atoms with Crippen LogP contribution in [0.4, 0.5) is 0 Å². The molecule has 7 heteroatoms. The first-order valence-corrected chi connectivity index (χ1v) is 6.81. The number of carboxylic acid groups (broad SMARTS) is 1. The summed E-state index contributed by atoms with van der Waals surface area (Å²) in [6, 6.07) is 0. The van der Waals surface area contributed by atoms with Gasteiger partial charge in [0.1, 0.15) is 5.69 Å². The summed E-state index contributed by atoms with van der Waals surface area (Å²) in [6.07, 6.45) is 8.25. The topological polar surface area (TPSA) is 85.8 Å². The molecule has 0 aliphatic heterocycles. The van der Waals surface area contributed by atoms with Crippen LogP contribution in [0, 0.1) is 5.92 Å². The molecule has 7 nitrogen and oxygen atoms in total. The van der Waals surface area contributed by atoms with Crippen LogP contribution in [-0.2, 0) is 13.6 Å². The highest BCUT2D eigenvalue weighted by atomic mass is 16.4. The van der Waals surface area contributed by atoms with E-state index in [9.17, 15) is 9.90 Å². The minimum atomic E-state index is -1.07. The van der Waals surface area contributed by atoms with Crippen LogP contribution < -0.4 is 0 Å². The third kappa shape index (κ3) is 2.19. The number of nitrogens with zero attached hydrogens (tertiary/aromatic N) is 5. The Labute approximate surface area is 116 Å². The van der Waals surface area contributed by atoms with E-state index in [1.165, 1.54) is 25.7 Å². The van der Waals surface area contributed by atoms with Gasteiger partial charge in [0, 0.05) is 26.0 Å². The van der Waals surface area contributed by atoms with Crippen LogP contribution in [0.5, 0.6) is 0 Å². The third-order valence-electron chi connectivity index (χ3n) is 3.88. The van der Waals surface area contributed by atoms with Crippen molar-refractivity contribution in [2.75, 3.05) is 0 Å². The molecule has 1 aliphatic rings. The fraction of sp³-hybridized carbons (Fsp3) is 0.538. The highest BCUT2D eigenvalue weighted by molar-refractivity contribution is 5.91. The first kappa shape index (κ1) is 12.8. The number of aryl methyl sites for hydroxylation is 1. The zero-order valence-electron chi connectivity index (χ0n) is 11.4. The van der Waals surface area contributed by atoms with E-state index in [1.54, 1.807) is 21.6 Å². The SMILES string of the molecule is Cn1ccnc1-c1c(C(=O)O)nnn1CC1CCCC1. The van der Waals surface area contributed by atoms with Crippen LogP contribution in [0.3, 0.4) is 0 Å². The van der Waals surface area contributed by atoms with E-state index in [1.807, 2.05) is 7.05 Å². The van der Waals surface area contributed by atoms with Crippen molar-refractivity contribution >= 4 is 5.97 Å². The van der Waals surface area contributed by atoms with Crippen molar-refractivity contribution in [3.8, 4) is 11.5 Å². The molecule has 0 aromatic carbocycles. The fourth-order valence-corrected chi connectivity index (χ4v) is 2.84. The lowest BCUT2D eigenvalue weighted by Crippen LogP contribution is -2.12. The number of rotatable bonds is 4. The molecule has 2 aromatic heterocycles. The smallest absolute Gasteiger partial charge is 0.358 e. The van der Waals surface area contributed by atoms with E-state index in [-0.39, 0.29) is 5.69 Å². The molecule has 1 saturated carbocycles. The molecule has 1 fully saturated rings. The molecule has 2 heterocycles. The average molecular weight is 275 g/mol. The lowest BCUT2D eigenvalue weighted by Gasteiger charge is -2.11. The Hall–Kier alpha value is -2.18. The van der Waals surface area contributed by atoms with Crippen LogP contribution in [-0.4, -0.2) is 35.6 Å². The number of carbonyl (C=O) groups is 1. The summed E-state index contributed by atoms with van der Waals surface area (Å²) in [6.45, 7) is 0.711. The quantitative estimate of drug-likeness (QED) is 0.915.